The molecule has 2 N–H and O–H groups in total. The molecule has 0 aromatic carbocycles. The van der Waals surface area contributed by atoms with Crippen LogP contribution in [-0.2, 0) is 16.0 Å². The monoisotopic (exact) mass is 339 g/mol. The fraction of sp³-hybridized carbons (Fsp3) is 0.500. The Kier molecular flexibility index (Phi) is 3.93. The van der Waals surface area contributed by atoms with Crippen molar-refractivity contribution < 1.29 is 14.1 Å². The largest absolute Gasteiger partial charge is 0.480 e. The van der Waals surface area contributed by atoms with Gasteiger partial charge in [0.15, 0.2) is 11.2 Å². The highest BCUT2D eigenvalue weighted by atomic mass is 79.9. The lowest BCUT2D eigenvalue weighted by molar-refractivity contribution is -0.141. The van der Waals surface area contributed by atoms with Crippen molar-refractivity contribution in [3.8, 4) is 0 Å². The number of carboxylic acids is 1. The molecule has 1 aromatic heterocycles. The maximum atomic E-state index is 11.7. The molecule has 3 unspecified atom stereocenters. The summed E-state index contributed by atoms with van der Waals surface area (Å²) in [5.74, 6) is -0.969. The molecule has 3 atom stereocenters. The normalized spacial score (nSPS) is 30.4. The molecule has 0 aliphatic carbocycles. The predicted octanol–water partition coefficient (Wildman–Crippen LogP) is 0.904. The van der Waals surface area contributed by atoms with Gasteiger partial charge in [-0.1, -0.05) is 0 Å². The summed E-state index contributed by atoms with van der Waals surface area (Å²) in [5.41, 5.74) is 0. The first kappa shape index (κ1) is 13.1. The summed E-state index contributed by atoms with van der Waals surface area (Å²) < 4.78 is 16.7. The zero-order valence-corrected chi connectivity index (χ0v) is 12.0. The molecule has 1 aliphatic heterocycles. The van der Waals surface area contributed by atoms with Gasteiger partial charge in [-0.3, -0.25) is 4.79 Å². The van der Waals surface area contributed by atoms with Crippen molar-refractivity contribution in [3.05, 3.63) is 15.0 Å². The van der Waals surface area contributed by atoms with Crippen LogP contribution >= 0.6 is 27.3 Å². The van der Waals surface area contributed by atoms with Gasteiger partial charge in [-0.05, 0) is 22.4 Å². The van der Waals surface area contributed by atoms with Gasteiger partial charge in [-0.25, -0.2) is 18.2 Å². The van der Waals surface area contributed by atoms with Gasteiger partial charge in [0.1, 0.15) is 11.0 Å². The van der Waals surface area contributed by atoms with Crippen LogP contribution in [0.25, 0.3) is 0 Å². The molecule has 0 radical (unpaired) electrons. The number of likely N-dealkylation sites (N-methyl/N-ethyl adjacent to an activating group) is 1. The Morgan fingerprint density at radius 2 is 2.53 bits per heavy atom. The molecule has 0 amide bonds. The Morgan fingerprint density at radius 1 is 1.82 bits per heavy atom. The zero-order chi connectivity index (χ0) is 12.6. The van der Waals surface area contributed by atoms with Crippen LogP contribution in [0.2, 0.25) is 0 Å². The van der Waals surface area contributed by atoms with Crippen LogP contribution in [0.4, 0.5) is 0 Å². The van der Waals surface area contributed by atoms with Crippen molar-refractivity contribution >= 4 is 44.4 Å². The number of carboxylic acid groups (broad SMARTS) is 1. The van der Waals surface area contributed by atoms with Gasteiger partial charge in [-0.2, -0.15) is 0 Å². The van der Waals surface area contributed by atoms with Crippen molar-refractivity contribution in [2.75, 3.05) is 7.05 Å². The van der Waals surface area contributed by atoms with Gasteiger partial charge < -0.3 is 5.11 Å². The second-order valence-electron chi connectivity index (χ2n) is 3.56. The Balaban J connectivity index is 2.21. The van der Waals surface area contributed by atoms with Gasteiger partial charge >= 0.3 is 5.97 Å². The molecule has 2 rings (SSSR count). The minimum atomic E-state index is -1.50. The number of hydrogen-bond acceptors (Lipinski definition) is 4. The summed E-state index contributed by atoms with van der Waals surface area (Å²) in [5, 5.41) is 9.81. The fourth-order valence-electron chi connectivity index (χ4n) is 1.58. The van der Waals surface area contributed by atoms with E-state index in [2.05, 4.69) is 25.6 Å². The second-order valence-corrected chi connectivity index (χ2v) is 7.31. The molecule has 2 heterocycles. The van der Waals surface area contributed by atoms with Crippen molar-refractivity contribution in [2.24, 2.45) is 0 Å². The summed E-state index contributed by atoms with van der Waals surface area (Å²) in [6.07, 6.45) is 2.00. The Morgan fingerprint density at radius 3 is 3.06 bits per heavy atom. The van der Waals surface area contributed by atoms with Crippen LogP contribution in [0.1, 0.15) is 17.5 Å². The lowest BCUT2D eigenvalue weighted by atomic mass is 10.1. The third-order valence-corrected chi connectivity index (χ3v) is 5.33. The number of aromatic nitrogens is 1. The first-order valence-corrected chi connectivity index (χ1v) is 7.45. The zero-order valence-electron chi connectivity index (χ0n) is 8.79. The molecule has 1 aliphatic rings. The third-order valence-electron chi connectivity index (χ3n) is 2.48. The summed E-state index contributed by atoms with van der Waals surface area (Å²) in [6.45, 7) is 0. The minimum Gasteiger partial charge on any atom is -0.480 e. The van der Waals surface area contributed by atoms with Crippen LogP contribution in [0.3, 0.4) is 0 Å². The maximum Gasteiger partial charge on any atom is 0.322 e. The fourth-order valence-corrected chi connectivity index (χ4v) is 3.98. The quantitative estimate of drug-likeness (QED) is 0.838. The average Bonchev–Trinajstić information content (AvgIpc) is 2.68. The number of carbonyl (C=O) groups is 1. The third kappa shape index (κ3) is 2.74. The van der Waals surface area contributed by atoms with Crippen molar-refractivity contribution in [1.82, 2.24) is 14.0 Å². The van der Waals surface area contributed by atoms with E-state index >= 15 is 0 Å². The molecule has 9 heteroatoms. The highest BCUT2D eigenvalue weighted by Crippen LogP contribution is 2.30. The number of hydrogen-bond donors (Lipinski definition) is 2. The van der Waals surface area contributed by atoms with Gasteiger partial charge in [0.25, 0.3) is 0 Å². The Hall–Kier alpha value is -0.350. The van der Waals surface area contributed by atoms with Crippen molar-refractivity contribution in [3.63, 3.8) is 0 Å². The molecule has 1 saturated heterocycles. The highest BCUT2D eigenvalue weighted by molar-refractivity contribution is 9.11. The van der Waals surface area contributed by atoms with E-state index in [1.807, 2.05) is 0 Å². The van der Waals surface area contributed by atoms with Crippen molar-refractivity contribution in [2.45, 2.75) is 18.5 Å². The molecule has 1 fully saturated rings. The summed E-state index contributed by atoms with van der Waals surface area (Å²) in [7, 11) is 1.52. The molecule has 17 heavy (non-hydrogen) atoms. The van der Waals surface area contributed by atoms with Crippen LogP contribution in [0.5, 0.6) is 0 Å². The predicted molar refractivity (Wildman–Crippen MR) is 67.6 cm³/mol. The SMILES string of the molecule is CN1C(C(=O)O)CC(c2ncc(Br)s2)NS1=O. The molecule has 0 spiro atoms. The minimum absolute atomic E-state index is 0.288. The molecule has 94 valence electrons. The van der Waals surface area contributed by atoms with Gasteiger partial charge in [-0.15, -0.1) is 11.3 Å². The van der Waals surface area contributed by atoms with E-state index in [0.717, 1.165) is 8.79 Å². The molecule has 0 bridgehead atoms. The number of nitrogens with one attached hydrogen (secondary N) is 1. The first-order chi connectivity index (χ1) is 7.99. The van der Waals surface area contributed by atoms with E-state index in [9.17, 15) is 9.00 Å². The van der Waals surface area contributed by atoms with E-state index in [4.69, 9.17) is 5.11 Å². The summed E-state index contributed by atoms with van der Waals surface area (Å²) in [4.78, 5) is 15.2. The van der Waals surface area contributed by atoms with E-state index in [1.165, 1.54) is 22.7 Å². The molecule has 6 nitrogen and oxygen atoms in total. The van der Waals surface area contributed by atoms with Gasteiger partial charge in [0.2, 0.25) is 0 Å². The number of halogens is 1. The average molecular weight is 340 g/mol. The number of nitrogens with zero attached hydrogens (tertiary/aromatic N) is 2. The lowest BCUT2D eigenvalue weighted by Gasteiger charge is -2.32. The maximum absolute atomic E-state index is 11.7. The lowest BCUT2D eigenvalue weighted by Crippen LogP contribution is -2.51. The van der Waals surface area contributed by atoms with Gasteiger partial charge in [0, 0.05) is 7.05 Å². The number of aliphatic carboxylic acids is 1. The smallest absolute Gasteiger partial charge is 0.322 e. The standard InChI is InChI=1S/C8H10BrN3O3S2/c1-12-5(8(13)14)2-4(11-17(12)15)7-10-3-6(9)16-7/h3-5,11H,2H2,1H3,(H,13,14). The van der Waals surface area contributed by atoms with E-state index in [-0.39, 0.29) is 6.04 Å². The van der Waals surface area contributed by atoms with Crippen LogP contribution in [0.15, 0.2) is 9.98 Å². The molecule has 0 saturated carbocycles. The molecular formula is C8H10BrN3O3S2. The summed E-state index contributed by atoms with van der Waals surface area (Å²) in [6, 6.07) is -1.05. The van der Waals surface area contributed by atoms with Crippen molar-refractivity contribution in [1.29, 1.82) is 0 Å². The van der Waals surface area contributed by atoms with E-state index < -0.39 is 23.2 Å². The van der Waals surface area contributed by atoms with Crippen LogP contribution in [0, 0.1) is 0 Å². The number of rotatable bonds is 2. The van der Waals surface area contributed by atoms with Crippen LogP contribution < -0.4 is 4.72 Å². The highest BCUT2D eigenvalue weighted by Gasteiger charge is 2.37. The summed E-state index contributed by atoms with van der Waals surface area (Å²) >= 11 is 3.20. The second kappa shape index (κ2) is 5.11. The van der Waals surface area contributed by atoms with Gasteiger partial charge in [0.05, 0.1) is 16.0 Å². The molecular weight excluding hydrogens is 330 g/mol. The Labute approximate surface area is 113 Å². The molecule has 1 aromatic rings. The Bertz CT molecular complexity index is 467. The van der Waals surface area contributed by atoms with E-state index in [0.29, 0.717) is 6.42 Å². The number of thiazole rings is 1. The van der Waals surface area contributed by atoms with E-state index in [1.54, 1.807) is 6.20 Å². The first-order valence-electron chi connectivity index (χ1n) is 4.74. The van der Waals surface area contributed by atoms with Crippen LogP contribution in [-0.4, -0.2) is 37.7 Å². The topological polar surface area (TPSA) is 82.5 Å².